The molecule has 2 aromatic heterocycles. The Balaban J connectivity index is 2.28. The Morgan fingerprint density at radius 3 is 2.58 bits per heavy atom. The van der Waals surface area contributed by atoms with Gasteiger partial charge in [-0.2, -0.15) is 0 Å². The molecule has 0 aliphatic rings. The lowest BCUT2D eigenvalue weighted by Gasteiger charge is -2.19. The van der Waals surface area contributed by atoms with Gasteiger partial charge in [-0.15, -0.1) is 11.3 Å². The number of carboxylic acids is 1. The molecule has 2 aromatic rings. The number of amides is 1. The average molecular weight is 277 g/mol. The summed E-state index contributed by atoms with van der Waals surface area (Å²) in [6, 6.07) is 3.43. The summed E-state index contributed by atoms with van der Waals surface area (Å²) < 4.78 is 0. The van der Waals surface area contributed by atoms with Crippen molar-refractivity contribution < 1.29 is 14.7 Å². The van der Waals surface area contributed by atoms with Crippen molar-refractivity contribution in [1.82, 2.24) is 9.97 Å². The number of aromatic nitrogens is 2. The Morgan fingerprint density at radius 1 is 1.37 bits per heavy atom. The third-order valence-corrected chi connectivity index (χ3v) is 3.27. The highest BCUT2D eigenvalue weighted by atomic mass is 32.1. The van der Waals surface area contributed by atoms with E-state index in [4.69, 9.17) is 5.11 Å². The van der Waals surface area contributed by atoms with Crippen LogP contribution in [0.2, 0.25) is 0 Å². The number of thiazole rings is 1. The maximum Gasteiger partial charge on any atom is 0.355 e. The fourth-order valence-corrected chi connectivity index (χ4v) is 2.29. The van der Waals surface area contributed by atoms with Gasteiger partial charge in [0.05, 0.1) is 0 Å². The van der Waals surface area contributed by atoms with Crippen molar-refractivity contribution in [2.24, 2.45) is 0 Å². The van der Waals surface area contributed by atoms with Gasteiger partial charge >= 0.3 is 5.97 Å². The van der Waals surface area contributed by atoms with E-state index in [1.807, 2.05) is 6.92 Å². The zero-order valence-corrected chi connectivity index (χ0v) is 10.9. The predicted molar refractivity (Wildman–Crippen MR) is 70.7 cm³/mol. The van der Waals surface area contributed by atoms with E-state index < -0.39 is 5.97 Å². The zero-order valence-electron chi connectivity index (χ0n) is 10.1. The Kier molecular flexibility index (Phi) is 3.86. The van der Waals surface area contributed by atoms with E-state index in [0.29, 0.717) is 12.2 Å². The number of pyridine rings is 1. The van der Waals surface area contributed by atoms with Gasteiger partial charge in [-0.3, -0.25) is 9.78 Å². The van der Waals surface area contributed by atoms with Gasteiger partial charge in [-0.05, 0) is 19.1 Å². The molecule has 0 radical (unpaired) electrons. The lowest BCUT2D eigenvalue weighted by atomic mass is 10.3. The summed E-state index contributed by atoms with van der Waals surface area (Å²) in [6.07, 6.45) is 3.19. The summed E-state index contributed by atoms with van der Waals surface area (Å²) in [5, 5.41) is 10.3. The fraction of sp³-hybridized carbons (Fsp3) is 0.167. The van der Waals surface area contributed by atoms with E-state index in [0.717, 1.165) is 11.3 Å². The molecule has 0 bridgehead atoms. The highest BCUT2D eigenvalue weighted by Gasteiger charge is 2.20. The monoisotopic (exact) mass is 277 g/mol. The van der Waals surface area contributed by atoms with Crippen molar-refractivity contribution in [3.8, 4) is 0 Å². The van der Waals surface area contributed by atoms with Gasteiger partial charge in [-0.25, -0.2) is 9.78 Å². The summed E-state index contributed by atoms with van der Waals surface area (Å²) >= 11 is 1.03. The average Bonchev–Trinajstić information content (AvgIpc) is 2.90. The standard InChI is InChI=1S/C12H11N3O3S/c1-2-15(8-3-5-13-6-4-8)11(16)10-14-9(7-19-10)12(17)18/h3-7H,2H2,1H3,(H,17,18). The molecule has 0 atom stereocenters. The van der Waals surface area contributed by atoms with Crippen LogP contribution >= 0.6 is 11.3 Å². The van der Waals surface area contributed by atoms with Crippen LogP contribution in [0.3, 0.4) is 0 Å². The lowest BCUT2D eigenvalue weighted by Crippen LogP contribution is -2.30. The molecule has 0 unspecified atom stereocenters. The molecule has 0 aromatic carbocycles. The molecule has 19 heavy (non-hydrogen) atoms. The number of nitrogens with zero attached hydrogens (tertiary/aromatic N) is 3. The Hall–Kier alpha value is -2.28. The van der Waals surface area contributed by atoms with Crippen LogP contribution in [0.15, 0.2) is 29.9 Å². The first-order valence-corrected chi connectivity index (χ1v) is 6.42. The largest absolute Gasteiger partial charge is 0.476 e. The van der Waals surface area contributed by atoms with Crippen LogP contribution in [0.1, 0.15) is 27.2 Å². The molecule has 7 heteroatoms. The van der Waals surface area contributed by atoms with Crippen molar-refractivity contribution in [2.75, 3.05) is 11.4 Å². The molecule has 0 saturated carbocycles. The van der Waals surface area contributed by atoms with Gasteiger partial charge in [0.2, 0.25) is 0 Å². The molecule has 1 amide bonds. The number of anilines is 1. The maximum atomic E-state index is 12.3. The van der Waals surface area contributed by atoms with Crippen LogP contribution in [0, 0.1) is 0 Å². The van der Waals surface area contributed by atoms with Gasteiger partial charge in [0.25, 0.3) is 5.91 Å². The second-order valence-corrected chi connectivity index (χ2v) is 4.46. The summed E-state index contributed by atoms with van der Waals surface area (Å²) in [7, 11) is 0. The summed E-state index contributed by atoms with van der Waals surface area (Å²) in [5.41, 5.74) is 0.591. The van der Waals surface area contributed by atoms with Crippen LogP contribution in [0.5, 0.6) is 0 Å². The molecular weight excluding hydrogens is 266 g/mol. The van der Waals surface area contributed by atoms with Crippen LogP contribution in [0.25, 0.3) is 0 Å². The third kappa shape index (κ3) is 2.76. The van der Waals surface area contributed by atoms with Gasteiger partial charge in [0.1, 0.15) is 0 Å². The zero-order chi connectivity index (χ0) is 13.8. The number of hydrogen-bond donors (Lipinski definition) is 1. The topological polar surface area (TPSA) is 83.4 Å². The first-order chi connectivity index (χ1) is 9.13. The number of hydrogen-bond acceptors (Lipinski definition) is 5. The van der Waals surface area contributed by atoms with Gasteiger partial charge in [0, 0.05) is 30.0 Å². The molecule has 6 nitrogen and oxygen atoms in total. The number of carbonyl (C=O) groups excluding carboxylic acids is 1. The number of rotatable bonds is 4. The van der Waals surface area contributed by atoms with Crippen molar-refractivity contribution >= 4 is 28.9 Å². The van der Waals surface area contributed by atoms with E-state index >= 15 is 0 Å². The number of aromatic carboxylic acids is 1. The molecule has 0 aliphatic heterocycles. The molecule has 2 heterocycles. The minimum atomic E-state index is -1.14. The van der Waals surface area contributed by atoms with Crippen molar-refractivity contribution in [3.63, 3.8) is 0 Å². The summed E-state index contributed by atoms with van der Waals surface area (Å²) in [4.78, 5) is 32.3. The minimum absolute atomic E-state index is 0.112. The first kappa shape index (κ1) is 13.2. The predicted octanol–water partition coefficient (Wildman–Crippen LogP) is 1.90. The van der Waals surface area contributed by atoms with Crippen LogP contribution < -0.4 is 4.90 Å². The van der Waals surface area contributed by atoms with Crippen LogP contribution in [0.4, 0.5) is 5.69 Å². The van der Waals surface area contributed by atoms with Crippen molar-refractivity contribution in [3.05, 3.63) is 40.6 Å². The number of carbonyl (C=O) groups is 2. The Labute approximate surface area is 113 Å². The van der Waals surface area contributed by atoms with E-state index in [1.165, 1.54) is 10.3 Å². The first-order valence-electron chi connectivity index (χ1n) is 5.54. The normalized spacial score (nSPS) is 10.2. The molecule has 98 valence electrons. The Bertz CT molecular complexity index is 597. The van der Waals surface area contributed by atoms with Crippen molar-refractivity contribution in [2.45, 2.75) is 6.92 Å². The minimum Gasteiger partial charge on any atom is -0.476 e. The lowest BCUT2D eigenvalue weighted by molar-refractivity contribution is 0.0691. The second-order valence-electron chi connectivity index (χ2n) is 3.60. The quantitative estimate of drug-likeness (QED) is 0.922. The molecule has 2 rings (SSSR count). The molecule has 0 aliphatic carbocycles. The smallest absolute Gasteiger partial charge is 0.355 e. The molecule has 0 fully saturated rings. The third-order valence-electron chi connectivity index (χ3n) is 2.44. The van der Waals surface area contributed by atoms with Crippen LogP contribution in [-0.4, -0.2) is 33.5 Å². The fourth-order valence-electron chi connectivity index (χ4n) is 1.55. The van der Waals surface area contributed by atoms with E-state index in [9.17, 15) is 9.59 Å². The highest BCUT2D eigenvalue weighted by Crippen LogP contribution is 2.18. The maximum absolute atomic E-state index is 12.3. The van der Waals surface area contributed by atoms with E-state index in [1.54, 1.807) is 24.5 Å². The summed E-state index contributed by atoms with van der Waals surface area (Å²) in [6.45, 7) is 2.30. The molecule has 0 spiro atoms. The molecular formula is C12H11N3O3S. The molecule has 0 saturated heterocycles. The van der Waals surface area contributed by atoms with E-state index in [2.05, 4.69) is 9.97 Å². The van der Waals surface area contributed by atoms with Gasteiger partial charge in [0.15, 0.2) is 10.7 Å². The van der Waals surface area contributed by atoms with Gasteiger partial charge in [-0.1, -0.05) is 0 Å². The number of carboxylic acid groups (broad SMARTS) is 1. The second kappa shape index (κ2) is 5.57. The SMILES string of the molecule is CCN(C(=O)c1nc(C(=O)O)cs1)c1ccncc1. The van der Waals surface area contributed by atoms with E-state index in [-0.39, 0.29) is 16.6 Å². The van der Waals surface area contributed by atoms with Crippen molar-refractivity contribution in [1.29, 1.82) is 0 Å². The Morgan fingerprint density at radius 2 is 2.05 bits per heavy atom. The van der Waals surface area contributed by atoms with Gasteiger partial charge < -0.3 is 10.0 Å². The highest BCUT2D eigenvalue weighted by molar-refractivity contribution is 7.12. The van der Waals surface area contributed by atoms with Crippen LogP contribution in [-0.2, 0) is 0 Å². The molecule has 1 N–H and O–H groups in total. The summed E-state index contributed by atoms with van der Waals surface area (Å²) in [5.74, 6) is -1.45.